The topological polar surface area (TPSA) is 47.3 Å². The van der Waals surface area contributed by atoms with Gasteiger partial charge in [0.1, 0.15) is 23.1 Å². The van der Waals surface area contributed by atoms with Crippen molar-refractivity contribution in [1.29, 1.82) is 0 Å². The van der Waals surface area contributed by atoms with E-state index in [4.69, 9.17) is 4.42 Å². The molecule has 22 heavy (non-hydrogen) atoms. The molecule has 116 valence electrons. The fourth-order valence-corrected chi connectivity index (χ4v) is 2.11. The molecule has 3 heteroatoms. The standard InChI is InChI=1S/C19H22O3/c1-13-5-10-17(22-13)15-8-6-14(7-9-15)11-16(20)12-18(21)19(2,3)4/h5-10H,11-12H2,1-4H3. The number of ketones is 2. The molecule has 0 unspecified atom stereocenters. The summed E-state index contributed by atoms with van der Waals surface area (Å²) in [5, 5.41) is 0. The number of hydrogen-bond donors (Lipinski definition) is 0. The molecule has 0 fully saturated rings. The minimum atomic E-state index is -0.462. The second-order valence-electron chi connectivity index (χ2n) is 6.67. The maximum atomic E-state index is 12.0. The van der Waals surface area contributed by atoms with E-state index in [1.165, 1.54) is 0 Å². The Hall–Kier alpha value is -2.16. The Morgan fingerprint density at radius 2 is 1.64 bits per heavy atom. The van der Waals surface area contributed by atoms with Gasteiger partial charge in [-0.05, 0) is 24.6 Å². The van der Waals surface area contributed by atoms with Crippen molar-refractivity contribution in [2.45, 2.75) is 40.5 Å². The van der Waals surface area contributed by atoms with E-state index in [1.807, 2.05) is 64.1 Å². The number of benzene rings is 1. The molecule has 0 aliphatic carbocycles. The van der Waals surface area contributed by atoms with E-state index in [-0.39, 0.29) is 18.0 Å². The average molecular weight is 298 g/mol. The first kappa shape index (κ1) is 16.2. The van der Waals surface area contributed by atoms with Gasteiger partial charge < -0.3 is 4.42 Å². The zero-order chi connectivity index (χ0) is 16.3. The van der Waals surface area contributed by atoms with E-state index in [9.17, 15) is 9.59 Å². The number of aryl methyl sites for hydroxylation is 1. The summed E-state index contributed by atoms with van der Waals surface area (Å²) in [5.41, 5.74) is 1.44. The monoisotopic (exact) mass is 298 g/mol. The van der Waals surface area contributed by atoms with Crippen molar-refractivity contribution in [3.8, 4) is 11.3 Å². The molecular formula is C19H22O3. The lowest BCUT2D eigenvalue weighted by Gasteiger charge is -2.15. The Labute approximate surface area is 131 Å². The van der Waals surface area contributed by atoms with Crippen LogP contribution in [-0.4, -0.2) is 11.6 Å². The van der Waals surface area contributed by atoms with Crippen molar-refractivity contribution < 1.29 is 14.0 Å². The fraction of sp³-hybridized carbons (Fsp3) is 0.368. The zero-order valence-corrected chi connectivity index (χ0v) is 13.6. The predicted octanol–water partition coefficient (Wildman–Crippen LogP) is 4.37. The molecule has 0 atom stereocenters. The zero-order valence-electron chi connectivity index (χ0n) is 13.6. The normalized spacial score (nSPS) is 11.5. The largest absolute Gasteiger partial charge is 0.461 e. The minimum Gasteiger partial charge on any atom is -0.461 e. The van der Waals surface area contributed by atoms with Crippen LogP contribution in [0.1, 0.15) is 38.5 Å². The van der Waals surface area contributed by atoms with E-state index < -0.39 is 5.41 Å². The van der Waals surface area contributed by atoms with E-state index in [2.05, 4.69) is 0 Å². The van der Waals surface area contributed by atoms with Crippen LogP contribution in [0.25, 0.3) is 11.3 Å². The van der Waals surface area contributed by atoms with Gasteiger partial charge in [-0.3, -0.25) is 9.59 Å². The van der Waals surface area contributed by atoms with Gasteiger partial charge in [-0.15, -0.1) is 0 Å². The highest BCUT2D eigenvalue weighted by molar-refractivity contribution is 6.02. The second kappa shape index (κ2) is 6.30. The Morgan fingerprint density at radius 1 is 1.00 bits per heavy atom. The van der Waals surface area contributed by atoms with Gasteiger partial charge in [-0.2, -0.15) is 0 Å². The van der Waals surface area contributed by atoms with Crippen molar-refractivity contribution in [2.24, 2.45) is 5.41 Å². The van der Waals surface area contributed by atoms with Crippen LogP contribution in [0, 0.1) is 12.3 Å². The first-order chi connectivity index (χ1) is 10.3. The number of rotatable bonds is 5. The summed E-state index contributed by atoms with van der Waals surface area (Å²) in [7, 11) is 0. The minimum absolute atomic E-state index is 0.00261. The molecule has 2 aromatic rings. The van der Waals surface area contributed by atoms with Gasteiger partial charge >= 0.3 is 0 Å². The summed E-state index contributed by atoms with van der Waals surface area (Å²) in [6.45, 7) is 7.41. The van der Waals surface area contributed by atoms with Gasteiger partial charge in [0.05, 0.1) is 6.42 Å². The van der Waals surface area contributed by atoms with Crippen LogP contribution in [0.2, 0.25) is 0 Å². The molecule has 1 heterocycles. The van der Waals surface area contributed by atoms with Gasteiger partial charge in [0, 0.05) is 17.4 Å². The van der Waals surface area contributed by atoms with Gasteiger partial charge in [0.25, 0.3) is 0 Å². The summed E-state index contributed by atoms with van der Waals surface area (Å²) >= 11 is 0. The summed E-state index contributed by atoms with van der Waals surface area (Å²) in [6, 6.07) is 11.5. The summed E-state index contributed by atoms with van der Waals surface area (Å²) in [4.78, 5) is 23.9. The van der Waals surface area contributed by atoms with Gasteiger partial charge in [0.15, 0.2) is 0 Å². The van der Waals surface area contributed by atoms with Crippen molar-refractivity contribution in [2.75, 3.05) is 0 Å². The Bertz CT molecular complexity index is 669. The number of carbonyl (C=O) groups is 2. The highest BCUT2D eigenvalue weighted by Gasteiger charge is 2.23. The Kier molecular flexibility index (Phi) is 4.65. The molecule has 0 bridgehead atoms. The molecule has 2 rings (SSSR count). The number of carbonyl (C=O) groups excluding carboxylic acids is 2. The number of hydrogen-bond acceptors (Lipinski definition) is 3. The van der Waals surface area contributed by atoms with Crippen molar-refractivity contribution in [1.82, 2.24) is 0 Å². The molecule has 1 aromatic heterocycles. The predicted molar refractivity (Wildman–Crippen MR) is 86.7 cm³/mol. The van der Waals surface area contributed by atoms with Gasteiger partial charge in [0.2, 0.25) is 0 Å². The number of Topliss-reactive ketones (excluding diaryl/α,β-unsaturated/α-hetero) is 2. The maximum absolute atomic E-state index is 12.0. The van der Waals surface area contributed by atoms with Crippen LogP contribution < -0.4 is 0 Å². The molecule has 1 aromatic carbocycles. The smallest absolute Gasteiger partial charge is 0.145 e. The Balaban J connectivity index is 1.99. The van der Waals surface area contributed by atoms with Crippen LogP contribution in [0.3, 0.4) is 0 Å². The van der Waals surface area contributed by atoms with E-state index >= 15 is 0 Å². The molecule has 0 aliphatic heterocycles. The molecule has 0 N–H and O–H groups in total. The fourth-order valence-electron chi connectivity index (χ4n) is 2.11. The molecule has 0 aliphatic rings. The third kappa shape index (κ3) is 4.17. The summed E-state index contributed by atoms with van der Waals surface area (Å²) in [5.74, 6) is 1.63. The van der Waals surface area contributed by atoms with Crippen molar-refractivity contribution >= 4 is 11.6 Å². The highest BCUT2D eigenvalue weighted by atomic mass is 16.3. The van der Waals surface area contributed by atoms with Gasteiger partial charge in [-0.1, -0.05) is 45.0 Å². The molecule has 0 saturated carbocycles. The summed E-state index contributed by atoms with van der Waals surface area (Å²) in [6.07, 6.45) is 0.294. The molecule has 3 nitrogen and oxygen atoms in total. The first-order valence-corrected chi connectivity index (χ1v) is 7.46. The van der Waals surface area contributed by atoms with Crippen LogP contribution in [0.5, 0.6) is 0 Å². The van der Waals surface area contributed by atoms with Gasteiger partial charge in [-0.25, -0.2) is 0 Å². The molecule has 0 spiro atoms. The lowest BCUT2D eigenvalue weighted by molar-refractivity contribution is -0.131. The quantitative estimate of drug-likeness (QED) is 0.770. The van der Waals surface area contributed by atoms with E-state index in [1.54, 1.807) is 0 Å². The molecule has 0 saturated heterocycles. The molecule has 0 radical (unpaired) electrons. The first-order valence-electron chi connectivity index (χ1n) is 7.46. The lowest BCUT2D eigenvalue weighted by atomic mass is 9.87. The van der Waals surface area contributed by atoms with Crippen LogP contribution in [0.15, 0.2) is 40.8 Å². The summed E-state index contributed by atoms with van der Waals surface area (Å²) < 4.78 is 5.57. The van der Waals surface area contributed by atoms with Crippen LogP contribution in [0.4, 0.5) is 0 Å². The lowest BCUT2D eigenvalue weighted by Crippen LogP contribution is -2.23. The van der Waals surface area contributed by atoms with Crippen molar-refractivity contribution in [3.05, 3.63) is 47.7 Å². The Morgan fingerprint density at radius 3 is 2.14 bits per heavy atom. The van der Waals surface area contributed by atoms with Crippen LogP contribution in [-0.2, 0) is 16.0 Å². The van der Waals surface area contributed by atoms with E-state index in [0.29, 0.717) is 6.42 Å². The highest BCUT2D eigenvalue weighted by Crippen LogP contribution is 2.23. The average Bonchev–Trinajstić information content (AvgIpc) is 2.85. The second-order valence-corrected chi connectivity index (χ2v) is 6.67. The SMILES string of the molecule is Cc1ccc(-c2ccc(CC(=O)CC(=O)C(C)(C)C)cc2)o1. The van der Waals surface area contributed by atoms with E-state index in [0.717, 1.165) is 22.6 Å². The maximum Gasteiger partial charge on any atom is 0.145 e. The number of furan rings is 1. The molecular weight excluding hydrogens is 276 g/mol. The molecule has 0 amide bonds. The van der Waals surface area contributed by atoms with Crippen molar-refractivity contribution in [3.63, 3.8) is 0 Å². The third-order valence-electron chi connectivity index (χ3n) is 3.57. The third-order valence-corrected chi connectivity index (χ3v) is 3.57. The van der Waals surface area contributed by atoms with Crippen LogP contribution >= 0.6 is 0 Å².